The molecule has 1 fully saturated rings. The minimum Gasteiger partial charge on any atom is -0.324 e. The van der Waals surface area contributed by atoms with Crippen molar-refractivity contribution in [3.8, 4) is 0 Å². The van der Waals surface area contributed by atoms with Gasteiger partial charge in [-0.3, -0.25) is 4.79 Å². The Hall–Kier alpha value is -1.13. The van der Waals surface area contributed by atoms with Gasteiger partial charge in [-0.25, -0.2) is 4.39 Å². The maximum Gasteiger partial charge on any atom is 0.232 e. The number of nitrogens with one attached hydrogen (secondary N) is 2. The molecule has 104 valence electrons. The SMILES string of the molecule is CC(C)C1(C(=O)Nc2cc(F)ccc2Cl)CCNC1. The molecule has 1 aliphatic rings. The second-order valence-electron chi connectivity index (χ2n) is 5.32. The molecule has 0 radical (unpaired) electrons. The van der Waals surface area contributed by atoms with Crippen LogP contribution in [-0.2, 0) is 4.79 Å². The van der Waals surface area contributed by atoms with Gasteiger partial charge in [0.1, 0.15) is 5.82 Å². The van der Waals surface area contributed by atoms with Crippen LogP contribution in [0.15, 0.2) is 18.2 Å². The Bertz CT molecular complexity index is 484. The third kappa shape index (κ3) is 2.74. The minimum atomic E-state index is -0.449. The first-order chi connectivity index (χ1) is 8.95. The fourth-order valence-corrected chi connectivity index (χ4v) is 2.66. The molecule has 1 heterocycles. The van der Waals surface area contributed by atoms with Crippen molar-refractivity contribution in [2.75, 3.05) is 18.4 Å². The topological polar surface area (TPSA) is 41.1 Å². The Morgan fingerprint density at radius 1 is 1.53 bits per heavy atom. The van der Waals surface area contributed by atoms with E-state index in [1.54, 1.807) is 0 Å². The quantitative estimate of drug-likeness (QED) is 0.896. The van der Waals surface area contributed by atoms with Gasteiger partial charge in [0, 0.05) is 6.54 Å². The average molecular weight is 285 g/mol. The Morgan fingerprint density at radius 3 is 2.84 bits per heavy atom. The van der Waals surface area contributed by atoms with Crippen LogP contribution in [0.3, 0.4) is 0 Å². The van der Waals surface area contributed by atoms with E-state index in [2.05, 4.69) is 10.6 Å². The molecule has 1 aromatic carbocycles. The van der Waals surface area contributed by atoms with Crippen molar-refractivity contribution in [2.24, 2.45) is 11.3 Å². The summed E-state index contributed by atoms with van der Waals surface area (Å²) >= 11 is 5.97. The van der Waals surface area contributed by atoms with E-state index in [1.165, 1.54) is 18.2 Å². The molecule has 2 rings (SSSR count). The highest BCUT2D eigenvalue weighted by atomic mass is 35.5. The highest BCUT2D eigenvalue weighted by Crippen LogP contribution is 2.36. The fourth-order valence-electron chi connectivity index (χ4n) is 2.50. The molecule has 3 nitrogen and oxygen atoms in total. The Labute approximate surface area is 117 Å². The van der Waals surface area contributed by atoms with Gasteiger partial charge >= 0.3 is 0 Å². The molecule has 1 amide bonds. The van der Waals surface area contributed by atoms with E-state index >= 15 is 0 Å². The predicted octanol–water partition coefficient (Wildman–Crippen LogP) is 3.05. The summed E-state index contributed by atoms with van der Waals surface area (Å²) in [4.78, 5) is 12.5. The van der Waals surface area contributed by atoms with Crippen LogP contribution in [0, 0.1) is 17.2 Å². The zero-order valence-corrected chi connectivity index (χ0v) is 11.9. The number of hydrogen-bond acceptors (Lipinski definition) is 2. The van der Waals surface area contributed by atoms with Crippen molar-refractivity contribution in [2.45, 2.75) is 20.3 Å². The van der Waals surface area contributed by atoms with Gasteiger partial charge in [-0.2, -0.15) is 0 Å². The molecular weight excluding hydrogens is 267 g/mol. The lowest BCUT2D eigenvalue weighted by molar-refractivity contribution is -0.126. The molecule has 1 aliphatic heterocycles. The van der Waals surface area contributed by atoms with Crippen LogP contribution < -0.4 is 10.6 Å². The Morgan fingerprint density at radius 2 is 2.26 bits per heavy atom. The summed E-state index contributed by atoms with van der Waals surface area (Å²) in [6.07, 6.45) is 0.781. The van der Waals surface area contributed by atoms with Gasteiger partial charge in [0.05, 0.1) is 16.1 Å². The summed E-state index contributed by atoms with van der Waals surface area (Å²) in [5.41, 5.74) is -0.117. The van der Waals surface area contributed by atoms with E-state index in [9.17, 15) is 9.18 Å². The van der Waals surface area contributed by atoms with Crippen LogP contribution in [0.25, 0.3) is 0 Å². The van der Waals surface area contributed by atoms with Crippen LogP contribution in [0.1, 0.15) is 20.3 Å². The van der Waals surface area contributed by atoms with E-state index in [0.717, 1.165) is 13.0 Å². The molecule has 0 bridgehead atoms. The normalized spacial score (nSPS) is 22.8. The number of amides is 1. The van der Waals surface area contributed by atoms with Gasteiger partial charge in [0.2, 0.25) is 5.91 Å². The first kappa shape index (κ1) is 14.3. The number of rotatable bonds is 3. The van der Waals surface area contributed by atoms with Crippen molar-refractivity contribution in [3.63, 3.8) is 0 Å². The fraction of sp³-hybridized carbons (Fsp3) is 0.500. The third-order valence-electron chi connectivity index (χ3n) is 3.92. The monoisotopic (exact) mass is 284 g/mol. The molecule has 0 aromatic heterocycles. The molecule has 0 spiro atoms. The second-order valence-corrected chi connectivity index (χ2v) is 5.72. The summed E-state index contributed by atoms with van der Waals surface area (Å²) in [6.45, 7) is 5.52. The van der Waals surface area contributed by atoms with Gasteiger partial charge in [0.25, 0.3) is 0 Å². The number of hydrogen-bond donors (Lipinski definition) is 2. The van der Waals surface area contributed by atoms with Crippen LogP contribution in [0.2, 0.25) is 5.02 Å². The molecule has 1 atom stereocenters. The number of benzene rings is 1. The molecule has 5 heteroatoms. The number of carbonyl (C=O) groups is 1. The molecular formula is C14H18ClFN2O. The standard InChI is InChI=1S/C14H18ClFN2O/c1-9(2)14(5-6-17-8-14)13(19)18-12-7-10(16)3-4-11(12)15/h3-4,7,9,17H,5-6,8H2,1-2H3,(H,18,19). The van der Waals surface area contributed by atoms with Crippen molar-refractivity contribution in [3.05, 3.63) is 29.0 Å². The summed E-state index contributed by atoms with van der Waals surface area (Å²) < 4.78 is 13.2. The lowest BCUT2D eigenvalue weighted by atomic mass is 9.75. The molecule has 1 aromatic rings. The van der Waals surface area contributed by atoms with E-state index in [4.69, 9.17) is 11.6 Å². The zero-order chi connectivity index (χ0) is 14.0. The van der Waals surface area contributed by atoms with Gasteiger partial charge in [0.15, 0.2) is 0 Å². The van der Waals surface area contributed by atoms with Crippen LogP contribution in [0.5, 0.6) is 0 Å². The van der Waals surface area contributed by atoms with Gasteiger partial charge in [-0.1, -0.05) is 25.4 Å². The first-order valence-corrected chi connectivity index (χ1v) is 6.81. The van der Waals surface area contributed by atoms with E-state index in [0.29, 0.717) is 17.3 Å². The third-order valence-corrected chi connectivity index (χ3v) is 4.25. The van der Waals surface area contributed by atoms with Crippen molar-refractivity contribution < 1.29 is 9.18 Å². The zero-order valence-electron chi connectivity index (χ0n) is 11.1. The molecule has 0 aliphatic carbocycles. The van der Waals surface area contributed by atoms with Gasteiger partial charge < -0.3 is 10.6 Å². The lowest BCUT2D eigenvalue weighted by Crippen LogP contribution is -2.42. The Kier molecular flexibility index (Phi) is 4.11. The smallest absolute Gasteiger partial charge is 0.232 e. The second kappa shape index (κ2) is 5.47. The molecule has 19 heavy (non-hydrogen) atoms. The van der Waals surface area contributed by atoms with Crippen LogP contribution in [-0.4, -0.2) is 19.0 Å². The highest BCUT2D eigenvalue weighted by Gasteiger charge is 2.43. The van der Waals surface area contributed by atoms with E-state index in [1.807, 2.05) is 13.8 Å². The number of halogens is 2. The van der Waals surface area contributed by atoms with Crippen LogP contribution >= 0.6 is 11.6 Å². The molecule has 0 saturated carbocycles. The minimum absolute atomic E-state index is 0.0972. The van der Waals surface area contributed by atoms with Crippen molar-refractivity contribution >= 4 is 23.2 Å². The largest absolute Gasteiger partial charge is 0.324 e. The number of carbonyl (C=O) groups excluding carboxylic acids is 1. The van der Waals surface area contributed by atoms with Crippen molar-refractivity contribution in [1.29, 1.82) is 0 Å². The lowest BCUT2D eigenvalue weighted by Gasteiger charge is -2.31. The van der Waals surface area contributed by atoms with Crippen LogP contribution in [0.4, 0.5) is 10.1 Å². The first-order valence-electron chi connectivity index (χ1n) is 6.43. The molecule has 2 N–H and O–H groups in total. The average Bonchev–Trinajstić information content (AvgIpc) is 2.84. The summed E-state index contributed by atoms with van der Waals surface area (Å²) in [5, 5.41) is 6.33. The highest BCUT2D eigenvalue weighted by molar-refractivity contribution is 6.33. The maximum atomic E-state index is 13.2. The maximum absolute atomic E-state index is 13.2. The summed E-state index contributed by atoms with van der Waals surface area (Å²) in [6, 6.07) is 3.96. The Balaban J connectivity index is 2.22. The van der Waals surface area contributed by atoms with E-state index < -0.39 is 11.2 Å². The van der Waals surface area contributed by atoms with Gasteiger partial charge in [-0.15, -0.1) is 0 Å². The summed E-state index contributed by atoms with van der Waals surface area (Å²) in [5.74, 6) is -0.308. The molecule has 1 unspecified atom stereocenters. The van der Waals surface area contributed by atoms with Gasteiger partial charge in [-0.05, 0) is 37.1 Å². The predicted molar refractivity (Wildman–Crippen MR) is 74.8 cm³/mol. The summed E-state index contributed by atoms with van der Waals surface area (Å²) in [7, 11) is 0. The molecule has 1 saturated heterocycles. The van der Waals surface area contributed by atoms with Crippen molar-refractivity contribution in [1.82, 2.24) is 5.32 Å². The number of anilines is 1. The van der Waals surface area contributed by atoms with E-state index in [-0.39, 0.29) is 11.8 Å².